The Bertz CT molecular complexity index is 1400. The normalized spacial score (nSPS) is 15.6. The van der Waals surface area contributed by atoms with Crippen molar-refractivity contribution >= 4 is 65.6 Å². The second-order valence-corrected chi connectivity index (χ2v) is 12.5. The summed E-state index contributed by atoms with van der Waals surface area (Å²) >= 11 is 8.96. The highest BCUT2D eigenvalue weighted by Crippen LogP contribution is 2.35. The molecule has 3 aromatic heterocycles. The average molecular weight is 533 g/mol. The van der Waals surface area contributed by atoms with Crippen LogP contribution in [0.4, 0.5) is 5.13 Å². The number of hydrogen-bond donors (Lipinski definition) is 0. The molecule has 1 saturated heterocycles. The molecule has 1 aliphatic heterocycles. The number of rotatable bonds is 6. The fourth-order valence-electron chi connectivity index (χ4n) is 4.03. The highest BCUT2D eigenvalue weighted by Gasteiger charge is 2.35. The molecule has 1 amide bonds. The summed E-state index contributed by atoms with van der Waals surface area (Å²) in [6.07, 6.45) is 4.34. The zero-order valence-electron chi connectivity index (χ0n) is 18.0. The number of para-hydroxylation sites is 1. The second-order valence-electron chi connectivity index (χ2n) is 7.98. The van der Waals surface area contributed by atoms with Gasteiger partial charge in [0.05, 0.1) is 16.3 Å². The number of pyridine rings is 1. The Morgan fingerprint density at radius 2 is 1.97 bits per heavy atom. The van der Waals surface area contributed by atoms with Gasteiger partial charge in [0.1, 0.15) is 9.73 Å². The smallest absolute Gasteiger partial charge is 0.252 e. The molecule has 4 aromatic rings. The molecule has 1 aliphatic rings. The first kappa shape index (κ1) is 23.4. The number of thiazole rings is 1. The van der Waals surface area contributed by atoms with E-state index in [9.17, 15) is 13.2 Å². The van der Waals surface area contributed by atoms with Crippen LogP contribution in [0.2, 0.25) is 5.02 Å². The first-order valence-corrected chi connectivity index (χ1v) is 14.2. The summed E-state index contributed by atoms with van der Waals surface area (Å²) in [6.45, 7) is 0.948. The summed E-state index contributed by atoms with van der Waals surface area (Å²) in [4.78, 5) is 24.3. The Balaban J connectivity index is 1.39. The van der Waals surface area contributed by atoms with Gasteiger partial charge in [-0.1, -0.05) is 41.1 Å². The van der Waals surface area contributed by atoms with Crippen LogP contribution in [-0.2, 0) is 21.4 Å². The molecule has 5 rings (SSSR count). The van der Waals surface area contributed by atoms with Gasteiger partial charge in [-0.2, -0.15) is 4.31 Å². The molecule has 0 saturated carbocycles. The largest absolute Gasteiger partial charge is 0.283 e. The van der Waals surface area contributed by atoms with E-state index >= 15 is 0 Å². The van der Waals surface area contributed by atoms with Crippen molar-refractivity contribution in [2.45, 2.75) is 23.6 Å². The summed E-state index contributed by atoms with van der Waals surface area (Å²) in [5.41, 5.74) is 1.56. The highest BCUT2D eigenvalue weighted by molar-refractivity contribution is 7.91. The Morgan fingerprint density at radius 1 is 1.15 bits per heavy atom. The molecular weight excluding hydrogens is 512 g/mol. The van der Waals surface area contributed by atoms with Gasteiger partial charge in [0, 0.05) is 31.4 Å². The van der Waals surface area contributed by atoms with E-state index in [1.807, 2.05) is 24.3 Å². The Labute approximate surface area is 210 Å². The van der Waals surface area contributed by atoms with Crippen LogP contribution in [0.3, 0.4) is 0 Å². The fourth-order valence-corrected chi connectivity index (χ4v) is 7.92. The minimum Gasteiger partial charge on any atom is -0.283 e. The maximum Gasteiger partial charge on any atom is 0.252 e. The number of carbonyl (C=O) groups is 1. The van der Waals surface area contributed by atoms with Crippen molar-refractivity contribution in [1.29, 1.82) is 0 Å². The van der Waals surface area contributed by atoms with Crippen LogP contribution in [0.25, 0.3) is 10.2 Å². The fraction of sp³-hybridized carbons (Fsp3) is 0.261. The van der Waals surface area contributed by atoms with Gasteiger partial charge in [-0.25, -0.2) is 13.4 Å². The molecule has 4 heterocycles. The van der Waals surface area contributed by atoms with Crippen LogP contribution < -0.4 is 4.90 Å². The van der Waals surface area contributed by atoms with E-state index in [0.29, 0.717) is 52.4 Å². The van der Waals surface area contributed by atoms with Crippen molar-refractivity contribution < 1.29 is 13.2 Å². The predicted octanol–water partition coefficient (Wildman–Crippen LogP) is 5.04. The lowest BCUT2D eigenvalue weighted by Gasteiger charge is -2.32. The quantitative estimate of drug-likeness (QED) is 0.347. The molecule has 0 N–H and O–H groups in total. The number of hydrogen-bond acceptors (Lipinski definition) is 7. The lowest BCUT2D eigenvalue weighted by molar-refractivity contribution is -0.123. The number of nitrogens with zero attached hydrogens (tertiary/aromatic N) is 4. The molecule has 1 fully saturated rings. The average Bonchev–Trinajstić information content (AvgIpc) is 3.54. The van der Waals surface area contributed by atoms with E-state index in [2.05, 4.69) is 9.97 Å². The van der Waals surface area contributed by atoms with Gasteiger partial charge >= 0.3 is 0 Å². The van der Waals surface area contributed by atoms with Crippen molar-refractivity contribution in [3.8, 4) is 0 Å². The Hall–Kier alpha value is -2.37. The minimum absolute atomic E-state index is 0.0628. The standard InChI is InChI=1S/C23H21ClN4O3S3/c24-18-5-1-6-19-21(18)26-23(33-19)28(15-16-4-2-10-25-14-16)22(29)17-8-11-27(12-9-17)34(30,31)20-7-3-13-32-20/h1-7,10,13-14,17H,8-9,11-12,15H2. The summed E-state index contributed by atoms with van der Waals surface area (Å²) in [6, 6.07) is 12.7. The molecule has 0 unspecified atom stereocenters. The van der Waals surface area contributed by atoms with Gasteiger partial charge in [0.15, 0.2) is 5.13 Å². The van der Waals surface area contributed by atoms with Crippen LogP contribution in [0, 0.1) is 5.92 Å². The molecule has 176 valence electrons. The van der Waals surface area contributed by atoms with E-state index in [4.69, 9.17) is 11.6 Å². The SMILES string of the molecule is O=C(C1CCN(S(=O)(=O)c2cccs2)CC1)N(Cc1cccnc1)c1nc2c(Cl)cccc2s1. The van der Waals surface area contributed by atoms with E-state index in [1.54, 1.807) is 40.9 Å². The van der Waals surface area contributed by atoms with Crippen molar-refractivity contribution in [2.75, 3.05) is 18.0 Å². The maximum absolute atomic E-state index is 13.7. The zero-order chi connectivity index (χ0) is 23.7. The molecule has 0 bridgehead atoms. The first-order valence-electron chi connectivity index (χ1n) is 10.7. The minimum atomic E-state index is -3.52. The molecule has 0 aliphatic carbocycles. The first-order chi connectivity index (χ1) is 16.4. The van der Waals surface area contributed by atoms with Crippen LogP contribution in [0.15, 0.2) is 64.4 Å². The molecule has 7 nitrogen and oxygen atoms in total. The number of benzene rings is 1. The van der Waals surface area contributed by atoms with Gasteiger partial charge in [0.2, 0.25) is 5.91 Å². The number of halogens is 1. The number of piperidine rings is 1. The van der Waals surface area contributed by atoms with Gasteiger partial charge in [-0.05, 0) is 48.1 Å². The molecule has 1 aromatic carbocycles. The molecular formula is C23H21ClN4O3S3. The summed E-state index contributed by atoms with van der Waals surface area (Å²) in [5.74, 6) is -0.360. The van der Waals surface area contributed by atoms with Crippen molar-refractivity contribution in [3.05, 3.63) is 70.8 Å². The third-order valence-electron chi connectivity index (χ3n) is 5.81. The second kappa shape index (κ2) is 9.71. The summed E-state index contributed by atoms with van der Waals surface area (Å²) in [7, 11) is -3.52. The van der Waals surface area contributed by atoms with Gasteiger partial charge < -0.3 is 0 Å². The van der Waals surface area contributed by atoms with Crippen molar-refractivity contribution in [3.63, 3.8) is 0 Å². The Kier molecular flexibility index (Phi) is 6.67. The van der Waals surface area contributed by atoms with E-state index in [-0.39, 0.29) is 11.8 Å². The van der Waals surface area contributed by atoms with Crippen molar-refractivity contribution in [2.24, 2.45) is 5.92 Å². The van der Waals surface area contributed by atoms with Gasteiger partial charge in [-0.15, -0.1) is 11.3 Å². The van der Waals surface area contributed by atoms with E-state index in [0.717, 1.165) is 10.3 Å². The zero-order valence-corrected chi connectivity index (χ0v) is 21.2. The number of anilines is 1. The molecule has 0 spiro atoms. The lowest BCUT2D eigenvalue weighted by atomic mass is 9.96. The van der Waals surface area contributed by atoms with E-state index in [1.165, 1.54) is 27.0 Å². The lowest BCUT2D eigenvalue weighted by Crippen LogP contribution is -2.44. The van der Waals surface area contributed by atoms with Crippen molar-refractivity contribution in [1.82, 2.24) is 14.3 Å². The highest BCUT2D eigenvalue weighted by atomic mass is 35.5. The Morgan fingerprint density at radius 3 is 2.65 bits per heavy atom. The monoisotopic (exact) mass is 532 g/mol. The molecule has 11 heteroatoms. The number of thiophene rings is 1. The number of aromatic nitrogens is 2. The molecule has 34 heavy (non-hydrogen) atoms. The third-order valence-corrected chi connectivity index (χ3v) is 10.4. The predicted molar refractivity (Wildman–Crippen MR) is 136 cm³/mol. The van der Waals surface area contributed by atoms with Gasteiger partial charge in [-0.3, -0.25) is 14.7 Å². The van der Waals surface area contributed by atoms with Crippen LogP contribution in [0.5, 0.6) is 0 Å². The van der Waals surface area contributed by atoms with Crippen LogP contribution in [-0.4, -0.2) is 41.7 Å². The maximum atomic E-state index is 13.7. The van der Waals surface area contributed by atoms with Crippen LogP contribution >= 0.6 is 34.3 Å². The molecule has 0 atom stereocenters. The summed E-state index contributed by atoms with van der Waals surface area (Å²) < 4.78 is 28.5. The van der Waals surface area contributed by atoms with E-state index < -0.39 is 10.0 Å². The topological polar surface area (TPSA) is 83.5 Å². The number of sulfonamides is 1. The third kappa shape index (κ3) is 4.60. The van der Waals surface area contributed by atoms with Crippen LogP contribution in [0.1, 0.15) is 18.4 Å². The van der Waals surface area contributed by atoms with Gasteiger partial charge in [0.25, 0.3) is 10.0 Å². The molecule has 0 radical (unpaired) electrons. The number of fused-ring (bicyclic) bond motifs is 1. The number of carbonyl (C=O) groups excluding carboxylic acids is 1. The summed E-state index contributed by atoms with van der Waals surface area (Å²) in [5, 5.41) is 2.87. The number of amides is 1.